The fourth-order valence-corrected chi connectivity index (χ4v) is 5.07. The van der Waals surface area contributed by atoms with Crippen LogP contribution in [0.15, 0.2) is 70.5 Å². The molecule has 0 unspecified atom stereocenters. The Morgan fingerprint density at radius 1 is 0.976 bits per heavy atom. The number of aliphatic hydroxyl groups is 1. The summed E-state index contributed by atoms with van der Waals surface area (Å²) in [7, 11) is 1.33. The van der Waals surface area contributed by atoms with Crippen LogP contribution in [0.3, 0.4) is 0 Å². The first-order valence-electron chi connectivity index (χ1n) is 12.4. The number of nitrogens with zero attached hydrogens (tertiary/aromatic N) is 3. The van der Waals surface area contributed by atoms with E-state index in [0.29, 0.717) is 21.7 Å². The lowest BCUT2D eigenvalue weighted by molar-refractivity contribution is 0.0786. The Hall–Kier alpha value is -4.12. The third kappa shape index (κ3) is 5.29. The molecule has 0 aliphatic rings. The fraction of sp³-hybridized carbons (Fsp3) is 0.167. The van der Waals surface area contributed by atoms with Crippen molar-refractivity contribution < 1.29 is 23.0 Å². The van der Waals surface area contributed by atoms with Crippen LogP contribution in [0.25, 0.3) is 27.7 Å². The number of fused-ring (bicyclic) bond motifs is 1. The largest absolute Gasteiger partial charge is 0.496 e. The SMILES string of the molecule is COc1cc(-c2cc(C(C)(C)O)ccc2Cl)cc2c1c(=O)n(-c1cncc(Cl)c1)c(=O)n2Cc1cc(F)c(F)c(F)c1. The molecule has 12 heteroatoms. The summed E-state index contributed by atoms with van der Waals surface area (Å²) in [5.74, 6) is -4.48. The van der Waals surface area contributed by atoms with Crippen molar-refractivity contribution in [1.29, 1.82) is 0 Å². The maximum atomic E-state index is 14.2. The van der Waals surface area contributed by atoms with Crippen molar-refractivity contribution >= 4 is 34.1 Å². The first kappa shape index (κ1) is 29.4. The number of hydrogen-bond donors (Lipinski definition) is 1. The molecule has 0 aliphatic carbocycles. The molecule has 0 fully saturated rings. The van der Waals surface area contributed by atoms with Crippen LogP contribution < -0.4 is 16.0 Å². The van der Waals surface area contributed by atoms with Gasteiger partial charge < -0.3 is 9.84 Å². The third-order valence-electron chi connectivity index (χ3n) is 6.75. The number of pyridine rings is 1. The van der Waals surface area contributed by atoms with Crippen LogP contribution in [0.4, 0.5) is 13.2 Å². The second-order valence-corrected chi connectivity index (χ2v) is 10.9. The highest BCUT2D eigenvalue weighted by Crippen LogP contribution is 2.37. The van der Waals surface area contributed by atoms with Crippen LogP contribution in [-0.2, 0) is 12.1 Å². The molecular formula is C30H22Cl2F3N3O4. The number of ether oxygens (including phenoxy) is 1. The second kappa shape index (κ2) is 10.9. The third-order valence-corrected chi connectivity index (χ3v) is 7.28. The summed E-state index contributed by atoms with van der Waals surface area (Å²) in [6.07, 6.45) is 2.57. The molecule has 216 valence electrons. The van der Waals surface area contributed by atoms with Crippen molar-refractivity contribution in [2.24, 2.45) is 0 Å². The smallest absolute Gasteiger partial charge is 0.336 e. The van der Waals surface area contributed by atoms with Crippen molar-refractivity contribution in [3.63, 3.8) is 0 Å². The van der Waals surface area contributed by atoms with E-state index in [1.54, 1.807) is 38.1 Å². The zero-order chi connectivity index (χ0) is 30.5. The van der Waals surface area contributed by atoms with Crippen molar-refractivity contribution in [3.8, 4) is 22.6 Å². The summed E-state index contributed by atoms with van der Waals surface area (Å²) >= 11 is 12.6. The molecule has 0 saturated carbocycles. The van der Waals surface area contributed by atoms with Gasteiger partial charge in [-0.1, -0.05) is 29.3 Å². The van der Waals surface area contributed by atoms with E-state index >= 15 is 0 Å². The molecule has 5 aromatic rings. The van der Waals surface area contributed by atoms with E-state index in [4.69, 9.17) is 27.9 Å². The molecule has 0 amide bonds. The van der Waals surface area contributed by atoms with Crippen LogP contribution in [-0.4, -0.2) is 26.3 Å². The minimum absolute atomic E-state index is 0.0386. The second-order valence-electron chi connectivity index (χ2n) is 10.1. The predicted octanol–water partition coefficient (Wildman–Crippen LogP) is 6.22. The Balaban J connectivity index is 1.89. The highest BCUT2D eigenvalue weighted by atomic mass is 35.5. The van der Waals surface area contributed by atoms with Gasteiger partial charge in [0, 0.05) is 16.8 Å². The van der Waals surface area contributed by atoms with Crippen LogP contribution in [0, 0.1) is 17.5 Å². The molecule has 0 bridgehead atoms. The van der Waals surface area contributed by atoms with Crippen LogP contribution in [0.2, 0.25) is 10.0 Å². The summed E-state index contributed by atoms with van der Waals surface area (Å²) in [4.78, 5) is 31.8. The van der Waals surface area contributed by atoms with Gasteiger partial charge in [-0.2, -0.15) is 0 Å². The minimum atomic E-state index is -1.66. The van der Waals surface area contributed by atoms with Crippen molar-refractivity contribution in [1.82, 2.24) is 14.1 Å². The average Bonchev–Trinajstić information content (AvgIpc) is 2.93. The van der Waals surface area contributed by atoms with E-state index in [1.165, 1.54) is 31.6 Å². The molecule has 0 radical (unpaired) electrons. The first-order valence-corrected chi connectivity index (χ1v) is 13.2. The standard InChI is InChI=1S/C30H22Cl2F3N3O4/c1-30(2,41)17-4-5-21(32)20(10-17)16-8-24-26(25(9-16)42-3)28(39)38(19-11-18(31)12-36-13-19)29(40)37(24)14-15-6-22(33)27(35)23(34)7-15/h4-13,41H,14H2,1-3H3. The molecule has 0 spiro atoms. The fourth-order valence-electron chi connectivity index (χ4n) is 4.68. The molecule has 0 atom stereocenters. The molecule has 1 N–H and O–H groups in total. The van der Waals surface area contributed by atoms with Gasteiger partial charge in [-0.05, 0) is 73.0 Å². The lowest BCUT2D eigenvalue weighted by atomic mass is 9.93. The Kier molecular flexibility index (Phi) is 7.65. The van der Waals surface area contributed by atoms with Gasteiger partial charge in [-0.3, -0.25) is 14.3 Å². The number of hydrogen-bond acceptors (Lipinski definition) is 5. The first-order chi connectivity index (χ1) is 19.8. The predicted molar refractivity (Wildman–Crippen MR) is 154 cm³/mol. The van der Waals surface area contributed by atoms with Gasteiger partial charge in [0.15, 0.2) is 17.5 Å². The summed E-state index contributed by atoms with van der Waals surface area (Å²) in [5, 5.41) is 11.0. The minimum Gasteiger partial charge on any atom is -0.496 e. The lowest BCUT2D eigenvalue weighted by Crippen LogP contribution is -2.39. The molecule has 42 heavy (non-hydrogen) atoms. The molecule has 0 saturated heterocycles. The zero-order valence-electron chi connectivity index (χ0n) is 22.4. The number of halogens is 5. The van der Waals surface area contributed by atoms with Crippen LogP contribution in [0.1, 0.15) is 25.0 Å². The molecule has 7 nitrogen and oxygen atoms in total. The zero-order valence-corrected chi connectivity index (χ0v) is 23.9. The van der Waals surface area contributed by atoms with E-state index < -0.39 is 40.8 Å². The van der Waals surface area contributed by atoms with E-state index in [-0.39, 0.29) is 32.9 Å². The molecule has 0 aliphatic heterocycles. The van der Waals surface area contributed by atoms with E-state index in [1.807, 2.05) is 0 Å². The Morgan fingerprint density at radius 2 is 1.67 bits per heavy atom. The number of rotatable bonds is 6. The molecule has 3 aromatic carbocycles. The van der Waals surface area contributed by atoms with Gasteiger partial charge in [-0.25, -0.2) is 22.5 Å². The van der Waals surface area contributed by atoms with Crippen LogP contribution >= 0.6 is 23.2 Å². The highest BCUT2D eigenvalue weighted by Gasteiger charge is 2.23. The average molecular weight is 616 g/mol. The number of benzene rings is 3. The van der Waals surface area contributed by atoms with Gasteiger partial charge in [-0.15, -0.1) is 0 Å². The Morgan fingerprint density at radius 3 is 2.29 bits per heavy atom. The summed E-state index contributed by atoms with van der Waals surface area (Å²) in [6, 6.07) is 10.9. The van der Waals surface area contributed by atoms with Gasteiger partial charge in [0.05, 0.1) is 41.7 Å². The van der Waals surface area contributed by atoms with Crippen molar-refractivity contribution in [2.75, 3.05) is 7.11 Å². The van der Waals surface area contributed by atoms with E-state index in [2.05, 4.69) is 4.98 Å². The van der Waals surface area contributed by atoms with Gasteiger partial charge in [0.1, 0.15) is 11.1 Å². The highest BCUT2D eigenvalue weighted by molar-refractivity contribution is 6.33. The maximum Gasteiger partial charge on any atom is 0.336 e. The maximum absolute atomic E-state index is 14.2. The van der Waals surface area contributed by atoms with E-state index in [9.17, 15) is 27.9 Å². The summed E-state index contributed by atoms with van der Waals surface area (Å²) in [6.45, 7) is 2.75. The van der Waals surface area contributed by atoms with Crippen LogP contribution in [0.5, 0.6) is 5.75 Å². The monoisotopic (exact) mass is 615 g/mol. The summed E-state index contributed by atoms with van der Waals surface area (Å²) < 4.78 is 49.5. The Labute approximate surface area is 247 Å². The molecular weight excluding hydrogens is 594 g/mol. The molecule has 2 heterocycles. The lowest BCUT2D eigenvalue weighted by Gasteiger charge is -2.20. The normalized spacial score (nSPS) is 11.7. The van der Waals surface area contributed by atoms with Crippen molar-refractivity contribution in [3.05, 3.63) is 120 Å². The molecule has 5 rings (SSSR count). The van der Waals surface area contributed by atoms with Gasteiger partial charge in [0.2, 0.25) is 0 Å². The summed E-state index contributed by atoms with van der Waals surface area (Å²) in [5.41, 5.74) is -1.46. The van der Waals surface area contributed by atoms with E-state index in [0.717, 1.165) is 21.3 Å². The molecule has 2 aromatic heterocycles. The Bertz CT molecular complexity index is 1980. The van der Waals surface area contributed by atoms with Crippen molar-refractivity contribution in [2.45, 2.75) is 26.0 Å². The topological polar surface area (TPSA) is 86.3 Å². The van der Waals surface area contributed by atoms with Gasteiger partial charge >= 0.3 is 5.69 Å². The quantitative estimate of drug-likeness (QED) is 0.229. The number of aromatic nitrogens is 3. The number of methoxy groups -OCH3 is 1. The van der Waals surface area contributed by atoms with Gasteiger partial charge in [0.25, 0.3) is 5.56 Å².